The van der Waals surface area contributed by atoms with Crippen molar-refractivity contribution < 1.29 is 4.79 Å². The molecule has 1 fully saturated rings. The number of rotatable bonds is 3. The van der Waals surface area contributed by atoms with E-state index in [0.717, 1.165) is 12.8 Å². The van der Waals surface area contributed by atoms with Gasteiger partial charge in [-0.05, 0) is 26.7 Å². The number of nitrogens with two attached hydrogens (primary N) is 1. The number of amides is 1. The summed E-state index contributed by atoms with van der Waals surface area (Å²) in [5.41, 5.74) is 5.38. The first kappa shape index (κ1) is 9.52. The number of carbonyl (C=O) groups excluding carboxylic acids is 1. The van der Waals surface area contributed by atoms with Gasteiger partial charge < -0.3 is 10.6 Å². The average Bonchev–Trinajstić information content (AvgIpc) is 2.82. The maximum absolute atomic E-state index is 11.7. The molecule has 0 saturated heterocycles. The van der Waals surface area contributed by atoms with Gasteiger partial charge >= 0.3 is 0 Å². The Balaban J connectivity index is 2.58. The highest BCUT2D eigenvalue weighted by molar-refractivity contribution is 5.85. The smallest absolute Gasteiger partial charge is 0.230 e. The summed E-state index contributed by atoms with van der Waals surface area (Å²) in [6.07, 6.45) is 1.94. The van der Waals surface area contributed by atoms with Crippen LogP contribution in [0.25, 0.3) is 0 Å². The predicted molar refractivity (Wildman–Crippen MR) is 48.6 cm³/mol. The van der Waals surface area contributed by atoms with Crippen LogP contribution in [0.15, 0.2) is 0 Å². The van der Waals surface area contributed by atoms with Crippen molar-refractivity contribution >= 4 is 5.91 Å². The summed E-state index contributed by atoms with van der Waals surface area (Å²) in [6, 6.07) is 0.279. The van der Waals surface area contributed by atoms with Crippen molar-refractivity contribution in [3.8, 4) is 0 Å². The van der Waals surface area contributed by atoms with Gasteiger partial charge in [-0.2, -0.15) is 0 Å². The molecule has 1 amide bonds. The minimum absolute atomic E-state index is 0.182. The maximum Gasteiger partial charge on any atom is 0.230 e. The van der Waals surface area contributed by atoms with Crippen LogP contribution < -0.4 is 5.73 Å². The van der Waals surface area contributed by atoms with E-state index < -0.39 is 0 Å². The molecule has 70 valence electrons. The number of carbonyl (C=O) groups is 1. The lowest BCUT2D eigenvalue weighted by atomic mass is 10.1. The van der Waals surface area contributed by atoms with Gasteiger partial charge in [-0.3, -0.25) is 4.79 Å². The van der Waals surface area contributed by atoms with Gasteiger partial charge in [0.2, 0.25) is 5.91 Å². The minimum Gasteiger partial charge on any atom is -0.343 e. The minimum atomic E-state index is -0.182. The lowest BCUT2D eigenvalue weighted by Crippen LogP contribution is -2.41. The van der Waals surface area contributed by atoms with Crippen molar-refractivity contribution in [3.63, 3.8) is 0 Å². The molecule has 0 bridgehead atoms. The van der Waals surface area contributed by atoms with Crippen LogP contribution in [0.2, 0.25) is 0 Å². The Bertz CT molecular complexity index is 185. The molecule has 0 atom stereocenters. The summed E-state index contributed by atoms with van der Waals surface area (Å²) in [5.74, 6) is 0.222. The molecule has 12 heavy (non-hydrogen) atoms. The molecule has 0 aliphatic heterocycles. The zero-order valence-electron chi connectivity index (χ0n) is 8.13. The largest absolute Gasteiger partial charge is 0.343 e. The van der Waals surface area contributed by atoms with Crippen molar-refractivity contribution in [3.05, 3.63) is 0 Å². The molecule has 3 nitrogen and oxygen atoms in total. The van der Waals surface area contributed by atoms with E-state index in [4.69, 9.17) is 5.73 Å². The Kier molecular flexibility index (Phi) is 2.42. The van der Waals surface area contributed by atoms with E-state index in [-0.39, 0.29) is 17.4 Å². The molecule has 0 spiro atoms. The zero-order valence-corrected chi connectivity index (χ0v) is 8.13. The second-order valence-corrected chi connectivity index (χ2v) is 3.99. The molecule has 0 unspecified atom stereocenters. The third kappa shape index (κ3) is 1.46. The molecule has 0 aromatic rings. The first-order valence-corrected chi connectivity index (χ1v) is 4.51. The fourth-order valence-electron chi connectivity index (χ4n) is 1.26. The van der Waals surface area contributed by atoms with Crippen molar-refractivity contribution in [2.45, 2.75) is 32.7 Å². The Hall–Kier alpha value is -0.570. The average molecular weight is 170 g/mol. The number of hydrogen-bond donors (Lipinski definition) is 1. The number of nitrogens with zero attached hydrogens (tertiary/aromatic N) is 1. The van der Waals surface area contributed by atoms with Gasteiger partial charge in [-0.25, -0.2) is 0 Å². The van der Waals surface area contributed by atoms with Crippen molar-refractivity contribution in [1.29, 1.82) is 0 Å². The van der Waals surface area contributed by atoms with Crippen LogP contribution in [-0.2, 0) is 4.79 Å². The highest BCUT2D eigenvalue weighted by Gasteiger charge is 2.50. The molecule has 1 rings (SSSR count). The molecular weight excluding hydrogens is 152 g/mol. The standard InChI is InChI=1S/C9H18N2O/c1-7(2)11(3)8(12)9(6-10)4-5-9/h7H,4-6,10H2,1-3H3. The first-order chi connectivity index (χ1) is 5.53. The summed E-state index contributed by atoms with van der Waals surface area (Å²) in [4.78, 5) is 13.5. The Labute approximate surface area is 73.9 Å². The lowest BCUT2D eigenvalue weighted by Gasteiger charge is -2.25. The van der Waals surface area contributed by atoms with Crippen LogP contribution in [0.4, 0.5) is 0 Å². The lowest BCUT2D eigenvalue weighted by molar-refractivity contribution is -0.136. The summed E-state index contributed by atoms with van der Waals surface area (Å²) >= 11 is 0. The normalized spacial score (nSPS) is 19.4. The molecule has 1 saturated carbocycles. The quantitative estimate of drug-likeness (QED) is 0.674. The second-order valence-electron chi connectivity index (χ2n) is 3.99. The molecule has 1 aliphatic carbocycles. The van der Waals surface area contributed by atoms with Crippen LogP contribution in [0.1, 0.15) is 26.7 Å². The van der Waals surface area contributed by atoms with E-state index in [2.05, 4.69) is 0 Å². The summed E-state index contributed by atoms with van der Waals surface area (Å²) < 4.78 is 0. The van der Waals surface area contributed by atoms with Gasteiger partial charge in [-0.15, -0.1) is 0 Å². The van der Waals surface area contributed by atoms with Crippen LogP contribution in [0, 0.1) is 5.41 Å². The Morgan fingerprint density at radius 3 is 2.33 bits per heavy atom. The molecule has 0 radical (unpaired) electrons. The van der Waals surface area contributed by atoms with Crippen molar-refractivity contribution in [1.82, 2.24) is 4.90 Å². The summed E-state index contributed by atoms with van der Waals surface area (Å²) in [6.45, 7) is 4.54. The van der Waals surface area contributed by atoms with E-state index in [1.54, 1.807) is 4.90 Å². The maximum atomic E-state index is 11.7. The van der Waals surface area contributed by atoms with Gasteiger partial charge in [-0.1, -0.05) is 0 Å². The second kappa shape index (κ2) is 3.05. The molecule has 2 N–H and O–H groups in total. The van der Waals surface area contributed by atoms with E-state index in [0.29, 0.717) is 6.54 Å². The van der Waals surface area contributed by atoms with Crippen LogP contribution >= 0.6 is 0 Å². The Morgan fingerprint density at radius 2 is 2.08 bits per heavy atom. The third-order valence-corrected chi connectivity index (χ3v) is 2.79. The molecular formula is C9H18N2O. The van der Waals surface area contributed by atoms with Crippen LogP contribution in [-0.4, -0.2) is 30.4 Å². The Morgan fingerprint density at radius 1 is 1.58 bits per heavy atom. The van der Waals surface area contributed by atoms with Gasteiger partial charge in [0.15, 0.2) is 0 Å². The van der Waals surface area contributed by atoms with Gasteiger partial charge in [0.1, 0.15) is 0 Å². The van der Waals surface area contributed by atoms with E-state index in [1.165, 1.54) is 0 Å². The van der Waals surface area contributed by atoms with Gasteiger partial charge in [0, 0.05) is 19.6 Å². The molecule has 0 heterocycles. The molecule has 0 aromatic carbocycles. The third-order valence-electron chi connectivity index (χ3n) is 2.79. The zero-order chi connectivity index (χ0) is 9.35. The monoisotopic (exact) mass is 170 g/mol. The van der Waals surface area contributed by atoms with E-state index in [9.17, 15) is 4.79 Å². The highest BCUT2D eigenvalue weighted by atomic mass is 16.2. The fraction of sp³-hybridized carbons (Fsp3) is 0.889. The SMILES string of the molecule is CC(C)N(C)C(=O)C1(CN)CC1. The predicted octanol–water partition coefficient (Wildman–Crippen LogP) is 0.592. The fourth-order valence-corrected chi connectivity index (χ4v) is 1.26. The van der Waals surface area contributed by atoms with Gasteiger partial charge in [0.05, 0.1) is 5.41 Å². The van der Waals surface area contributed by atoms with E-state index in [1.807, 2.05) is 20.9 Å². The first-order valence-electron chi connectivity index (χ1n) is 4.51. The molecule has 3 heteroatoms. The topological polar surface area (TPSA) is 46.3 Å². The van der Waals surface area contributed by atoms with E-state index >= 15 is 0 Å². The van der Waals surface area contributed by atoms with Crippen LogP contribution in [0.5, 0.6) is 0 Å². The molecule has 0 aromatic heterocycles. The summed E-state index contributed by atoms with van der Waals surface area (Å²) in [5, 5.41) is 0. The molecule has 1 aliphatic rings. The number of hydrogen-bond acceptors (Lipinski definition) is 2. The summed E-state index contributed by atoms with van der Waals surface area (Å²) in [7, 11) is 1.85. The van der Waals surface area contributed by atoms with Crippen LogP contribution in [0.3, 0.4) is 0 Å². The highest BCUT2D eigenvalue weighted by Crippen LogP contribution is 2.46. The van der Waals surface area contributed by atoms with Crippen molar-refractivity contribution in [2.24, 2.45) is 11.1 Å². The van der Waals surface area contributed by atoms with Crippen molar-refractivity contribution in [2.75, 3.05) is 13.6 Å². The van der Waals surface area contributed by atoms with Gasteiger partial charge in [0.25, 0.3) is 0 Å².